The van der Waals surface area contributed by atoms with Crippen molar-refractivity contribution in [2.75, 3.05) is 23.4 Å². The Morgan fingerprint density at radius 3 is 2.71 bits per heavy atom. The second-order valence-corrected chi connectivity index (χ2v) is 9.09. The lowest BCUT2D eigenvalue weighted by Gasteiger charge is -2.31. The number of hydrogen-bond acceptors (Lipinski definition) is 7. The predicted molar refractivity (Wildman–Crippen MR) is 112 cm³/mol. The van der Waals surface area contributed by atoms with Crippen molar-refractivity contribution in [2.45, 2.75) is 51.0 Å². The van der Waals surface area contributed by atoms with Crippen molar-refractivity contribution in [3.63, 3.8) is 0 Å². The predicted octanol–water partition coefficient (Wildman–Crippen LogP) is 3.89. The molecule has 0 aromatic carbocycles. The summed E-state index contributed by atoms with van der Waals surface area (Å²) in [5.74, 6) is 0.812. The molecule has 0 saturated heterocycles. The first-order chi connectivity index (χ1) is 14.9. The fourth-order valence-corrected chi connectivity index (χ4v) is 5.26. The second kappa shape index (κ2) is 7.94. The number of rotatable bonds is 4. The van der Waals surface area contributed by atoms with Gasteiger partial charge >= 0.3 is 6.18 Å². The minimum atomic E-state index is -4.46. The normalized spacial score (nSPS) is 22.0. The Balaban J connectivity index is 1.40. The van der Waals surface area contributed by atoms with Crippen LogP contribution in [0.4, 0.5) is 24.9 Å². The number of imidazole rings is 1. The van der Waals surface area contributed by atoms with Crippen molar-refractivity contribution in [3.8, 4) is 0 Å². The molecule has 5 rings (SSSR count). The summed E-state index contributed by atoms with van der Waals surface area (Å²) in [5.41, 5.74) is 0.525. The summed E-state index contributed by atoms with van der Waals surface area (Å²) in [6.07, 6.45) is 0.701. The van der Waals surface area contributed by atoms with Crippen LogP contribution in [0.3, 0.4) is 0 Å². The highest BCUT2D eigenvalue weighted by atomic mass is 32.1. The van der Waals surface area contributed by atoms with Crippen LogP contribution in [0.15, 0.2) is 17.6 Å². The van der Waals surface area contributed by atoms with Gasteiger partial charge in [0.05, 0.1) is 23.8 Å². The van der Waals surface area contributed by atoms with Crippen LogP contribution in [0.5, 0.6) is 0 Å². The summed E-state index contributed by atoms with van der Waals surface area (Å²) in [6, 6.07) is 2.21. The molecule has 2 aliphatic rings. The zero-order valence-electron chi connectivity index (χ0n) is 16.8. The molecule has 0 amide bonds. The van der Waals surface area contributed by atoms with Crippen LogP contribution in [-0.4, -0.2) is 43.8 Å². The molecule has 1 aliphatic heterocycles. The summed E-state index contributed by atoms with van der Waals surface area (Å²) in [7, 11) is 0. The first kappa shape index (κ1) is 20.5. The van der Waals surface area contributed by atoms with Crippen LogP contribution in [-0.2, 0) is 19.3 Å². The highest BCUT2D eigenvalue weighted by Crippen LogP contribution is 2.35. The van der Waals surface area contributed by atoms with E-state index in [9.17, 15) is 18.3 Å². The van der Waals surface area contributed by atoms with Gasteiger partial charge in [0.1, 0.15) is 10.6 Å². The van der Waals surface area contributed by atoms with Crippen LogP contribution in [0.25, 0.3) is 10.2 Å². The molecule has 1 saturated carbocycles. The molecule has 0 bridgehead atoms. The van der Waals surface area contributed by atoms with Crippen molar-refractivity contribution in [1.29, 1.82) is 0 Å². The second-order valence-electron chi connectivity index (χ2n) is 8.20. The lowest BCUT2D eigenvalue weighted by atomic mass is 9.87. The third-order valence-electron chi connectivity index (χ3n) is 6.18. The third-order valence-corrected chi connectivity index (χ3v) is 6.99. The monoisotopic (exact) mass is 452 g/mol. The van der Waals surface area contributed by atoms with Gasteiger partial charge in [-0.3, -0.25) is 0 Å². The number of hydrogen-bond donors (Lipinski definition) is 2. The van der Waals surface area contributed by atoms with Crippen LogP contribution >= 0.6 is 11.3 Å². The Morgan fingerprint density at radius 2 is 1.97 bits per heavy atom. The van der Waals surface area contributed by atoms with E-state index in [0.29, 0.717) is 30.6 Å². The molecule has 11 heteroatoms. The number of halogens is 3. The van der Waals surface area contributed by atoms with Gasteiger partial charge in [0.15, 0.2) is 0 Å². The van der Waals surface area contributed by atoms with Gasteiger partial charge in [-0.1, -0.05) is 0 Å². The van der Waals surface area contributed by atoms with Gasteiger partial charge in [-0.05, 0) is 43.0 Å². The summed E-state index contributed by atoms with van der Waals surface area (Å²) in [4.78, 5) is 15.9. The molecular formula is C20H23F3N6OS. The van der Waals surface area contributed by atoms with Gasteiger partial charge in [-0.2, -0.15) is 18.2 Å². The molecule has 166 valence electrons. The number of nitrogens with zero attached hydrogens (tertiary/aromatic N) is 5. The van der Waals surface area contributed by atoms with E-state index in [-0.39, 0.29) is 19.2 Å². The average Bonchev–Trinajstić information content (AvgIpc) is 3.40. The average molecular weight is 453 g/mol. The smallest absolute Gasteiger partial charge is 0.396 e. The van der Waals surface area contributed by atoms with Crippen LogP contribution in [0.2, 0.25) is 0 Å². The van der Waals surface area contributed by atoms with E-state index in [1.807, 2.05) is 16.3 Å². The van der Waals surface area contributed by atoms with Gasteiger partial charge in [-0.25, -0.2) is 9.97 Å². The van der Waals surface area contributed by atoms with Crippen molar-refractivity contribution in [2.24, 2.45) is 5.92 Å². The minimum Gasteiger partial charge on any atom is -0.396 e. The molecule has 3 aromatic heterocycles. The maximum atomic E-state index is 13.2. The number of aromatic nitrogens is 4. The lowest BCUT2D eigenvalue weighted by molar-refractivity contribution is -0.147. The first-order valence-corrected chi connectivity index (χ1v) is 11.3. The van der Waals surface area contributed by atoms with Crippen molar-refractivity contribution in [1.82, 2.24) is 19.5 Å². The van der Waals surface area contributed by atoms with Crippen molar-refractivity contribution < 1.29 is 18.3 Å². The van der Waals surface area contributed by atoms with E-state index < -0.39 is 12.0 Å². The number of anilines is 2. The van der Waals surface area contributed by atoms with Crippen molar-refractivity contribution >= 4 is 33.3 Å². The quantitative estimate of drug-likeness (QED) is 0.625. The van der Waals surface area contributed by atoms with E-state index in [1.165, 1.54) is 22.1 Å². The molecule has 0 radical (unpaired) electrons. The first-order valence-electron chi connectivity index (χ1n) is 10.4. The number of thiophene rings is 1. The van der Waals surface area contributed by atoms with Gasteiger partial charge in [0.2, 0.25) is 11.8 Å². The molecule has 0 spiro atoms. The number of aliphatic hydroxyl groups is 1. The minimum absolute atomic E-state index is 0.202. The summed E-state index contributed by atoms with van der Waals surface area (Å²) in [5, 5.41) is 15.6. The highest BCUT2D eigenvalue weighted by Gasteiger charge is 2.38. The Kier molecular flexibility index (Phi) is 5.25. The highest BCUT2D eigenvalue weighted by molar-refractivity contribution is 7.16. The van der Waals surface area contributed by atoms with Gasteiger partial charge in [0.25, 0.3) is 0 Å². The van der Waals surface area contributed by atoms with E-state index in [1.54, 1.807) is 0 Å². The zero-order chi connectivity index (χ0) is 21.6. The topological polar surface area (TPSA) is 79.1 Å². The SMILES string of the molecule is OCC1CCC(Nc2nc(N3CCn4c(cnc4C(F)(F)F)C3)c3ccsc3n2)CC1. The third kappa shape index (κ3) is 3.96. The maximum Gasteiger partial charge on any atom is 0.449 e. The molecule has 1 fully saturated rings. The van der Waals surface area contributed by atoms with Gasteiger partial charge < -0.3 is 19.9 Å². The fraction of sp³-hybridized carbons (Fsp3) is 0.550. The summed E-state index contributed by atoms with van der Waals surface area (Å²) >= 11 is 1.52. The van der Waals surface area contributed by atoms with E-state index in [2.05, 4.69) is 15.3 Å². The lowest BCUT2D eigenvalue weighted by Crippen LogP contribution is -2.36. The van der Waals surface area contributed by atoms with E-state index in [0.717, 1.165) is 41.7 Å². The molecule has 31 heavy (non-hydrogen) atoms. The molecule has 2 N–H and O–H groups in total. The Labute approximate surface area is 180 Å². The molecule has 0 atom stereocenters. The largest absolute Gasteiger partial charge is 0.449 e. The molecule has 7 nitrogen and oxygen atoms in total. The Bertz CT molecular complexity index is 1070. The molecule has 4 heterocycles. The fourth-order valence-electron chi connectivity index (χ4n) is 4.51. The summed E-state index contributed by atoms with van der Waals surface area (Å²) in [6.45, 7) is 1.16. The van der Waals surface area contributed by atoms with Crippen molar-refractivity contribution in [3.05, 3.63) is 29.2 Å². The number of alkyl halides is 3. The number of aliphatic hydroxyl groups excluding tert-OH is 1. The van der Waals surface area contributed by atoms with Crippen LogP contribution in [0.1, 0.15) is 37.2 Å². The van der Waals surface area contributed by atoms with E-state index >= 15 is 0 Å². The maximum absolute atomic E-state index is 13.2. The Morgan fingerprint density at radius 1 is 1.16 bits per heavy atom. The standard InChI is InChI=1S/C20H23F3N6OS/c21-20(22,23)18-24-9-14-10-28(6-7-29(14)18)16-15-5-8-31-17(15)27-19(26-16)25-13-3-1-12(11-30)2-4-13/h5,8-9,12-13,30H,1-4,6-7,10-11H2,(H,25,26,27). The number of fused-ring (bicyclic) bond motifs is 2. The number of nitrogens with one attached hydrogen (secondary N) is 1. The van der Waals surface area contributed by atoms with E-state index in [4.69, 9.17) is 4.98 Å². The molecular weight excluding hydrogens is 429 g/mol. The molecule has 0 unspecified atom stereocenters. The zero-order valence-corrected chi connectivity index (χ0v) is 17.6. The van der Waals surface area contributed by atoms with Crippen LogP contribution < -0.4 is 10.2 Å². The summed E-state index contributed by atoms with van der Waals surface area (Å²) < 4.78 is 40.8. The molecule has 3 aromatic rings. The molecule has 1 aliphatic carbocycles. The van der Waals surface area contributed by atoms with Crippen LogP contribution in [0, 0.1) is 5.92 Å². The van der Waals surface area contributed by atoms with Gasteiger partial charge in [0, 0.05) is 25.7 Å². The Hall–Kier alpha value is -2.40. The van der Waals surface area contributed by atoms with Gasteiger partial charge in [-0.15, -0.1) is 11.3 Å².